The number of nitrogens with two attached hydrogens (primary N) is 1. The lowest BCUT2D eigenvalue weighted by atomic mass is 10.0. The number of H-pyrrole nitrogens is 1. The van der Waals surface area contributed by atoms with Crippen molar-refractivity contribution < 1.29 is 14.3 Å². The van der Waals surface area contributed by atoms with E-state index < -0.39 is 5.97 Å². The van der Waals surface area contributed by atoms with Gasteiger partial charge in [-0.1, -0.05) is 29.8 Å². The van der Waals surface area contributed by atoms with E-state index in [1.165, 1.54) is 12.1 Å². The molecule has 0 aliphatic carbocycles. The molecule has 1 aliphatic rings. The molecule has 7 heteroatoms. The van der Waals surface area contributed by atoms with Crippen LogP contribution in [0.15, 0.2) is 42.5 Å². The fourth-order valence-electron chi connectivity index (χ4n) is 3.38. The van der Waals surface area contributed by atoms with Gasteiger partial charge in [0.1, 0.15) is 0 Å². The first kappa shape index (κ1) is 17.4. The van der Waals surface area contributed by atoms with Crippen LogP contribution in [0.4, 0.5) is 5.69 Å². The van der Waals surface area contributed by atoms with Crippen molar-refractivity contribution in [3.63, 3.8) is 0 Å². The number of carbonyl (C=O) groups is 2. The Kier molecular flexibility index (Phi) is 4.49. The number of benzene rings is 2. The number of carbonyl (C=O) groups excluding carboxylic acids is 2. The number of esters is 1. The Bertz CT molecular complexity index is 1040. The summed E-state index contributed by atoms with van der Waals surface area (Å²) < 4.78 is 5.16. The molecule has 1 amide bonds. The van der Waals surface area contributed by atoms with Gasteiger partial charge in [-0.2, -0.15) is 0 Å². The van der Waals surface area contributed by atoms with Gasteiger partial charge >= 0.3 is 5.97 Å². The van der Waals surface area contributed by atoms with Crippen molar-refractivity contribution in [2.24, 2.45) is 0 Å². The fraction of sp³-hybridized carbons (Fsp3) is 0.200. The Morgan fingerprint density at radius 3 is 2.89 bits per heavy atom. The predicted molar refractivity (Wildman–Crippen MR) is 104 cm³/mol. The highest BCUT2D eigenvalue weighted by molar-refractivity contribution is 6.31. The molecule has 0 saturated heterocycles. The van der Waals surface area contributed by atoms with E-state index in [1.54, 1.807) is 11.0 Å². The molecule has 0 fully saturated rings. The van der Waals surface area contributed by atoms with Gasteiger partial charge in [-0.25, -0.2) is 4.79 Å². The minimum Gasteiger partial charge on any atom is -0.452 e. The molecule has 0 radical (unpaired) electrons. The molecule has 138 valence electrons. The number of aromatic amines is 1. The third-order valence-electron chi connectivity index (χ3n) is 4.80. The van der Waals surface area contributed by atoms with Gasteiger partial charge in [0.05, 0.1) is 5.56 Å². The van der Waals surface area contributed by atoms with Gasteiger partial charge in [0, 0.05) is 52.4 Å². The summed E-state index contributed by atoms with van der Waals surface area (Å²) in [6.45, 7) is 0.743. The first-order valence-corrected chi connectivity index (χ1v) is 8.99. The van der Waals surface area contributed by atoms with Crippen molar-refractivity contribution >= 4 is 40.1 Å². The quantitative estimate of drug-likeness (QED) is 0.537. The molecule has 3 N–H and O–H groups in total. The van der Waals surface area contributed by atoms with Crippen molar-refractivity contribution in [1.29, 1.82) is 0 Å². The van der Waals surface area contributed by atoms with Gasteiger partial charge in [0.15, 0.2) is 6.61 Å². The average molecular weight is 384 g/mol. The summed E-state index contributed by atoms with van der Waals surface area (Å²) in [5.41, 5.74) is 9.54. The Morgan fingerprint density at radius 2 is 2.04 bits per heavy atom. The summed E-state index contributed by atoms with van der Waals surface area (Å²) in [5, 5.41) is 1.50. The SMILES string of the molecule is Nc1ccc(Cl)cc1C(=O)OCC(=O)N1CCc2[nH]c3ccccc3c2C1. The van der Waals surface area contributed by atoms with E-state index in [1.807, 2.05) is 24.3 Å². The van der Waals surface area contributed by atoms with E-state index in [9.17, 15) is 9.59 Å². The molecule has 1 aromatic heterocycles. The lowest BCUT2D eigenvalue weighted by Crippen LogP contribution is -2.38. The highest BCUT2D eigenvalue weighted by Gasteiger charge is 2.25. The number of hydrogen-bond donors (Lipinski definition) is 2. The predicted octanol–water partition coefficient (Wildman–Crippen LogP) is 3.15. The number of rotatable bonds is 3. The molecule has 2 aromatic carbocycles. The normalized spacial score (nSPS) is 13.4. The van der Waals surface area contributed by atoms with Gasteiger partial charge < -0.3 is 20.4 Å². The van der Waals surface area contributed by atoms with Gasteiger partial charge in [0.25, 0.3) is 5.91 Å². The van der Waals surface area contributed by atoms with Crippen LogP contribution in [0.5, 0.6) is 0 Å². The van der Waals surface area contributed by atoms with Crippen LogP contribution in [-0.4, -0.2) is 34.9 Å². The maximum absolute atomic E-state index is 12.5. The maximum Gasteiger partial charge on any atom is 0.340 e. The maximum atomic E-state index is 12.5. The second-order valence-electron chi connectivity index (χ2n) is 6.50. The summed E-state index contributed by atoms with van der Waals surface area (Å²) >= 11 is 5.89. The number of nitrogens with zero attached hydrogens (tertiary/aromatic N) is 1. The zero-order valence-electron chi connectivity index (χ0n) is 14.5. The summed E-state index contributed by atoms with van der Waals surface area (Å²) in [4.78, 5) is 29.8. The minimum atomic E-state index is -0.659. The van der Waals surface area contributed by atoms with E-state index in [4.69, 9.17) is 22.1 Å². The van der Waals surface area contributed by atoms with Crippen molar-refractivity contribution in [1.82, 2.24) is 9.88 Å². The van der Waals surface area contributed by atoms with E-state index in [-0.39, 0.29) is 23.8 Å². The average Bonchev–Trinajstić information content (AvgIpc) is 3.05. The molecule has 0 saturated carbocycles. The number of anilines is 1. The van der Waals surface area contributed by atoms with Crippen molar-refractivity contribution in [3.05, 3.63) is 64.3 Å². The molecule has 0 spiro atoms. The number of ether oxygens (including phenoxy) is 1. The zero-order chi connectivity index (χ0) is 19.0. The number of para-hydroxylation sites is 1. The van der Waals surface area contributed by atoms with Gasteiger partial charge in [-0.15, -0.1) is 0 Å². The van der Waals surface area contributed by atoms with E-state index in [0.29, 0.717) is 18.1 Å². The number of hydrogen-bond acceptors (Lipinski definition) is 4. The highest BCUT2D eigenvalue weighted by Crippen LogP contribution is 2.27. The molecule has 6 nitrogen and oxygen atoms in total. The van der Waals surface area contributed by atoms with E-state index in [2.05, 4.69) is 4.98 Å². The highest BCUT2D eigenvalue weighted by atomic mass is 35.5. The van der Waals surface area contributed by atoms with Crippen LogP contribution >= 0.6 is 11.6 Å². The third kappa shape index (κ3) is 3.36. The standard InChI is InChI=1S/C20H18ClN3O3/c21-12-5-6-16(22)14(9-12)20(26)27-11-19(25)24-8-7-18-15(10-24)13-3-1-2-4-17(13)23-18/h1-6,9,23H,7-8,10-11,22H2. The Balaban J connectivity index is 1.43. The van der Waals surface area contributed by atoms with Gasteiger partial charge in [-0.05, 0) is 24.3 Å². The molecule has 1 aliphatic heterocycles. The Hall–Kier alpha value is -2.99. The zero-order valence-corrected chi connectivity index (χ0v) is 15.3. The smallest absolute Gasteiger partial charge is 0.340 e. The second-order valence-corrected chi connectivity index (χ2v) is 6.94. The lowest BCUT2D eigenvalue weighted by Gasteiger charge is -2.27. The first-order valence-electron chi connectivity index (χ1n) is 8.61. The summed E-state index contributed by atoms with van der Waals surface area (Å²) in [7, 11) is 0. The molecule has 0 bridgehead atoms. The van der Waals surface area contributed by atoms with Crippen LogP contribution < -0.4 is 5.73 Å². The van der Waals surface area contributed by atoms with Crippen LogP contribution in [0.25, 0.3) is 10.9 Å². The van der Waals surface area contributed by atoms with Crippen LogP contribution in [0, 0.1) is 0 Å². The van der Waals surface area contributed by atoms with E-state index in [0.717, 1.165) is 28.6 Å². The number of aromatic nitrogens is 1. The lowest BCUT2D eigenvalue weighted by molar-refractivity contribution is -0.135. The second kappa shape index (κ2) is 6.96. The number of nitrogens with one attached hydrogen (secondary N) is 1. The first-order chi connectivity index (χ1) is 13.0. The largest absolute Gasteiger partial charge is 0.452 e. The Morgan fingerprint density at radius 1 is 1.22 bits per heavy atom. The monoisotopic (exact) mass is 383 g/mol. The van der Waals surface area contributed by atoms with Crippen LogP contribution in [0.3, 0.4) is 0 Å². The number of amides is 1. The topological polar surface area (TPSA) is 88.4 Å². The summed E-state index contributed by atoms with van der Waals surface area (Å²) in [6.07, 6.45) is 0.741. The van der Waals surface area contributed by atoms with Crippen LogP contribution in [-0.2, 0) is 22.5 Å². The summed E-state index contributed by atoms with van der Waals surface area (Å²) in [5.74, 6) is -0.895. The van der Waals surface area contributed by atoms with Crippen molar-refractivity contribution in [2.45, 2.75) is 13.0 Å². The van der Waals surface area contributed by atoms with E-state index >= 15 is 0 Å². The van der Waals surface area contributed by atoms with Crippen molar-refractivity contribution in [3.8, 4) is 0 Å². The third-order valence-corrected chi connectivity index (χ3v) is 5.03. The van der Waals surface area contributed by atoms with Crippen LogP contribution in [0.2, 0.25) is 5.02 Å². The number of halogens is 1. The molecule has 27 heavy (non-hydrogen) atoms. The van der Waals surface area contributed by atoms with Crippen molar-refractivity contribution in [2.75, 3.05) is 18.9 Å². The Labute approximate surface area is 160 Å². The molecular formula is C20H18ClN3O3. The molecule has 0 unspecified atom stereocenters. The molecule has 4 rings (SSSR count). The molecule has 2 heterocycles. The van der Waals surface area contributed by atoms with Gasteiger partial charge in [-0.3, -0.25) is 4.79 Å². The molecular weight excluding hydrogens is 366 g/mol. The molecule has 3 aromatic rings. The van der Waals surface area contributed by atoms with Gasteiger partial charge in [0.2, 0.25) is 0 Å². The number of fused-ring (bicyclic) bond motifs is 3. The summed E-state index contributed by atoms with van der Waals surface area (Å²) in [6, 6.07) is 12.6. The van der Waals surface area contributed by atoms with Crippen LogP contribution in [0.1, 0.15) is 21.6 Å². The molecule has 0 atom stereocenters. The number of nitrogen functional groups attached to an aromatic ring is 1. The fourth-order valence-corrected chi connectivity index (χ4v) is 3.55. The minimum absolute atomic E-state index is 0.160.